The maximum atomic E-state index is 5.90. The highest BCUT2D eigenvalue weighted by atomic mass is 35.5. The molecule has 0 saturated heterocycles. The number of halogens is 2. The number of nitrogens with two attached hydrogens (primary N) is 1. The second-order valence-corrected chi connectivity index (χ2v) is 5.99. The number of hydrogen-bond acceptors (Lipinski definition) is 3. The van der Waals surface area contributed by atoms with Gasteiger partial charge in [-0.25, -0.2) is 0 Å². The average molecular weight is 302 g/mol. The highest BCUT2D eigenvalue weighted by molar-refractivity contribution is 7.16. The van der Waals surface area contributed by atoms with Crippen LogP contribution in [0.5, 0.6) is 0 Å². The smallest absolute Gasteiger partial charge is 0.104 e. The SMILES string of the molecule is NCC(OCc1ccc(Cl)cc1)c1ccc(Cl)s1. The summed E-state index contributed by atoms with van der Waals surface area (Å²) in [6.07, 6.45) is -0.113. The Kier molecular flexibility index (Phi) is 5.03. The Morgan fingerprint density at radius 1 is 1.11 bits per heavy atom. The van der Waals surface area contributed by atoms with Gasteiger partial charge in [-0.15, -0.1) is 11.3 Å². The van der Waals surface area contributed by atoms with Gasteiger partial charge in [0, 0.05) is 16.4 Å². The third-order valence-electron chi connectivity index (χ3n) is 2.49. The molecule has 1 aromatic heterocycles. The first-order valence-corrected chi connectivity index (χ1v) is 7.07. The van der Waals surface area contributed by atoms with E-state index >= 15 is 0 Å². The van der Waals surface area contributed by atoms with E-state index < -0.39 is 0 Å². The Balaban J connectivity index is 1.97. The van der Waals surface area contributed by atoms with Crippen molar-refractivity contribution in [2.75, 3.05) is 6.54 Å². The summed E-state index contributed by atoms with van der Waals surface area (Å²) in [6.45, 7) is 0.943. The molecule has 2 nitrogen and oxygen atoms in total. The largest absolute Gasteiger partial charge is 0.367 e. The zero-order chi connectivity index (χ0) is 13.0. The number of hydrogen-bond donors (Lipinski definition) is 1. The van der Waals surface area contributed by atoms with E-state index in [-0.39, 0.29) is 6.10 Å². The molecule has 5 heteroatoms. The van der Waals surface area contributed by atoms with E-state index in [1.165, 1.54) is 11.3 Å². The second kappa shape index (κ2) is 6.55. The van der Waals surface area contributed by atoms with Crippen LogP contribution in [0.1, 0.15) is 16.5 Å². The number of benzene rings is 1. The summed E-state index contributed by atoms with van der Waals surface area (Å²) in [7, 11) is 0. The van der Waals surface area contributed by atoms with Crippen LogP contribution in [0.2, 0.25) is 9.36 Å². The first kappa shape index (κ1) is 13.8. The minimum atomic E-state index is -0.113. The molecule has 0 bridgehead atoms. The molecule has 1 atom stereocenters. The van der Waals surface area contributed by atoms with Crippen molar-refractivity contribution in [3.05, 3.63) is 56.2 Å². The maximum Gasteiger partial charge on any atom is 0.104 e. The maximum absolute atomic E-state index is 5.90. The Labute approximate surface area is 120 Å². The fourth-order valence-electron chi connectivity index (χ4n) is 1.55. The Hall–Kier alpha value is -0.580. The first-order chi connectivity index (χ1) is 8.69. The highest BCUT2D eigenvalue weighted by Gasteiger charge is 2.12. The topological polar surface area (TPSA) is 35.2 Å². The number of thiophene rings is 1. The lowest BCUT2D eigenvalue weighted by Crippen LogP contribution is -2.14. The summed E-state index contributed by atoms with van der Waals surface area (Å²) in [5.74, 6) is 0. The molecule has 0 aliphatic carbocycles. The molecule has 0 spiro atoms. The molecular weight excluding hydrogens is 289 g/mol. The van der Waals surface area contributed by atoms with Gasteiger partial charge < -0.3 is 10.5 Å². The summed E-state index contributed by atoms with van der Waals surface area (Å²) in [5.41, 5.74) is 6.79. The summed E-state index contributed by atoms with van der Waals surface area (Å²) in [4.78, 5) is 1.05. The zero-order valence-corrected chi connectivity index (χ0v) is 11.9. The van der Waals surface area contributed by atoms with Crippen molar-refractivity contribution in [3.8, 4) is 0 Å². The van der Waals surface area contributed by atoms with Crippen LogP contribution in [-0.4, -0.2) is 6.54 Å². The molecular formula is C13H13Cl2NOS. The van der Waals surface area contributed by atoms with E-state index in [1.807, 2.05) is 36.4 Å². The molecule has 18 heavy (non-hydrogen) atoms. The average Bonchev–Trinajstić information content (AvgIpc) is 2.79. The molecule has 1 aromatic carbocycles. The van der Waals surface area contributed by atoms with Gasteiger partial charge >= 0.3 is 0 Å². The number of rotatable bonds is 5. The monoisotopic (exact) mass is 301 g/mol. The van der Waals surface area contributed by atoms with Crippen LogP contribution in [0.4, 0.5) is 0 Å². The van der Waals surface area contributed by atoms with E-state index in [9.17, 15) is 0 Å². The van der Waals surface area contributed by atoms with Crippen LogP contribution in [0.25, 0.3) is 0 Å². The first-order valence-electron chi connectivity index (χ1n) is 5.50. The lowest BCUT2D eigenvalue weighted by atomic mass is 10.2. The Morgan fingerprint density at radius 3 is 2.39 bits per heavy atom. The molecule has 96 valence electrons. The van der Waals surface area contributed by atoms with E-state index in [0.717, 1.165) is 19.8 Å². The number of ether oxygens (including phenoxy) is 1. The van der Waals surface area contributed by atoms with Crippen LogP contribution in [0, 0.1) is 0 Å². The van der Waals surface area contributed by atoms with Gasteiger partial charge in [-0.2, -0.15) is 0 Å². The van der Waals surface area contributed by atoms with Crippen LogP contribution in [0.15, 0.2) is 36.4 Å². The minimum absolute atomic E-state index is 0.113. The van der Waals surface area contributed by atoms with E-state index in [2.05, 4.69) is 0 Å². The minimum Gasteiger partial charge on any atom is -0.367 e. The van der Waals surface area contributed by atoms with Gasteiger partial charge in [-0.05, 0) is 29.8 Å². The van der Waals surface area contributed by atoms with Gasteiger partial charge in [0.25, 0.3) is 0 Å². The standard InChI is InChI=1S/C13H13Cl2NOS/c14-10-3-1-9(2-4-10)8-17-11(7-16)12-5-6-13(15)18-12/h1-6,11H,7-8,16H2. The normalized spacial score (nSPS) is 12.6. The van der Waals surface area contributed by atoms with Gasteiger partial charge in [0.2, 0.25) is 0 Å². The second-order valence-electron chi connectivity index (χ2n) is 3.80. The van der Waals surface area contributed by atoms with Crippen molar-refractivity contribution in [1.82, 2.24) is 0 Å². The molecule has 2 rings (SSSR count). The third-order valence-corrected chi connectivity index (χ3v) is 4.07. The van der Waals surface area contributed by atoms with E-state index in [1.54, 1.807) is 0 Å². The highest BCUT2D eigenvalue weighted by Crippen LogP contribution is 2.29. The van der Waals surface area contributed by atoms with Crippen LogP contribution in [-0.2, 0) is 11.3 Å². The summed E-state index contributed by atoms with van der Waals surface area (Å²) >= 11 is 13.2. The third kappa shape index (κ3) is 3.70. The molecule has 0 aliphatic rings. The summed E-state index contributed by atoms with van der Waals surface area (Å²) in [6, 6.07) is 11.4. The zero-order valence-electron chi connectivity index (χ0n) is 9.61. The van der Waals surface area contributed by atoms with Crippen LogP contribution in [0.3, 0.4) is 0 Å². The van der Waals surface area contributed by atoms with Gasteiger partial charge in [0.1, 0.15) is 6.10 Å². The van der Waals surface area contributed by atoms with Crippen molar-refractivity contribution in [3.63, 3.8) is 0 Å². The van der Waals surface area contributed by atoms with E-state index in [0.29, 0.717) is 13.2 Å². The lowest BCUT2D eigenvalue weighted by Gasteiger charge is -2.14. The molecule has 0 radical (unpaired) electrons. The van der Waals surface area contributed by atoms with Crippen molar-refractivity contribution in [2.45, 2.75) is 12.7 Å². The Bertz CT molecular complexity index is 498. The summed E-state index contributed by atoms with van der Waals surface area (Å²) < 4.78 is 6.55. The molecule has 0 aliphatic heterocycles. The van der Waals surface area contributed by atoms with Crippen LogP contribution >= 0.6 is 34.5 Å². The molecule has 0 fully saturated rings. The van der Waals surface area contributed by atoms with Crippen molar-refractivity contribution in [2.24, 2.45) is 5.73 Å². The summed E-state index contributed by atoms with van der Waals surface area (Å²) in [5, 5.41) is 0.721. The predicted octanol–water partition coefficient (Wildman–Crippen LogP) is 4.27. The molecule has 1 unspecified atom stereocenters. The van der Waals surface area contributed by atoms with Crippen molar-refractivity contribution < 1.29 is 4.74 Å². The molecule has 0 amide bonds. The van der Waals surface area contributed by atoms with Crippen LogP contribution < -0.4 is 5.73 Å². The fourth-order valence-corrected chi connectivity index (χ4v) is 2.79. The van der Waals surface area contributed by atoms with Gasteiger partial charge in [0.15, 0.2) is 0 Å². The van der Waals surface area contributed by atoms with E-state index in [4.69, 9.17) is 33.7 Å². The molecule has 1 heterocycles. The van der Waals surface area contributed by atoms with Gasteiger partial charge in [-0.3, -0.25) is 0 Å². The molecule has 2 N–H and O–H groups in total. The quantitative estimate of drug-likeness (QED) is 0.895. The molecule has 0 saturated carbocycles. The molecule has 2 aromatic rings. The Morgan fingerprint density at radius 2 is 1.83 bits per heavy atom. The van der Waals surface area contributed by atoms with Crippen molar-refractivity contribution >= 4 is 34.5 Å². The van der Waals surface area contributed by atoms with Crippen molar-refractivity contribution in [1.29, 1.82) is 0 Å². The fraction of sp³-hybridized carbons (Fsp3) is 0.231. The lowest BCUT2D eigenvalue weighted by molar-refractivity contribution is 0.0480. The van der Waals surface area contributed by atoms with Gasteiger partial charge in [-0.1, -0.05) is 35.3 Å². The van der Waals surface area contributed by atoms with Gasteiger partial charge in [0.05, 0.1) is 10.9 Å². The predicted molar refractivity (Wildman–Crippen MR) is 77.4 cm³/mol.